The Morgan fingerprint density at radius 3 is 2.29 bits per heavy atom. The molecule has 0 bridgehead atoms. The summed E-state index contributed by atoms with van der Waals surface area (Å²) in [4.78, 5) is 18.2. The number of nitrogens with zero attached hydrogens (tertiary/aromatic N) is 2. The van der Waals surface area contributed by atoms with Crippen LogP contribution in [0.3, 0.4) is 0 Å². The summed E-state index contributed by atoms with van der Waals surface area (Å²) in [6.45, 7) is 0. The molecule has 1 aliphatic rings. The number of ether oxygens (including phenoxy) is 1. The average molecular weight is 318 g/mol. The van der Waals surface area contributed by atoms with Crippen LogP contribution < -0.4 is 4.90 Å². The molecule has 0 unspecified atom stereocenters. The van der Waals surface area contributed by atoms with E-state index in [4.69, 9.17) is 4.74 Å². The van der Waals surface area contributed by atoms with Gasteiger partial charge in [0.1, 0.15) is 0 Å². The Bertz CT molecular complexity index is 816. The molecule has 120 valence electrons. The van der Waals surface area contributed by atoms with Gasteiger partial charge in [-0.1, -0.05) is 42.5 Å². The minimum atomic E-state index is -0.431. The van der Waals surface area contributed by atoms with Gasteiger partial charge in [0.2, 0.25) is 5.90 Å². The second-order valence-corrected chi connectivity index (χ2v) is 5.60. The van der Waals surface area contributed by atoms with E-state index in [-0.39, 0.29) is 0 Å². The van der Waals surface area contributed by atoms with Crippen LogP contribution in [0.5, 0.6) is 0 Å². The van der Waals surface area contributed by atoms with Crippen LogP contribution in [0.15, 0.2) is 71.4 Å². The third-order valence-corrected chi connectivity index (χ3v) is 3.57. The molecule has 0 aliphatic carbocycles. The molecule has 4 heteroatoms. The summed E-state index contributed by atoms with van der Waals surface area (Å²) >= 11 is 0. The minimum absolute atomic E-state index is 0.306. The van der Waals surface area contributed by atoms with Gasteiger partial charge in [0.25, 0.3) is 0 Å². The van der Waals surface area contributed by atoms with Crippen molar-refractivity contribution >= 4 is 29.7 Å². The van der Waals surface area contributed by atoms with Gasteiger partial charge in [0, 0.05) is 25.9 Å². The first-order chi connectivity index (χ1) is 11.6. The lowest BCUT2D eigenvalue weighted by molar-refractivity contribution is -0.129. The molecule has 0 saturated heterocycles. The Labute approximate surface area is 141 Å². The molecule has 0 saturated carbocycles. The largest absolute Gasteiger partial charge is 0.403 e. The highest BCUT2D eigenvalue weighted by molar-refractivity contribution is 6.11. The SMILES string of the molecule is CN(C)c1ccc(/C=C2N=C(/C=C\c3ccccc3)OC/2=O)cc1. The van der Waals surface area contributed by atoms with Gasteiger partial charge in [-0.2, -0.15) is 0 Å². The van der Waals surface area contributed by atoms with Gasteiger partial charge < -0.3 is 9.64 Å². The molecule has 2 aromatic rings. The number of benzene rings is 2. The Kier molecular flexibility index (Phi) is 4.57. The van der Waals surface area contributed by atoms with E-state index in [0.717, 1.165) is 16.8 Å². The fraction of sp³-hybridized carbons (Fsp3) is 0.100. The number of esters is 1. The molecule has 0 atom stereocenters. The van der Waals surface area contributed by atoms with Crippen LogP contribution in [0.1, 0.15) is 11.1 Å². The molecule has 0 fully saturated rings. The predicted molar refractivity (Wildman–Crippen MR) is 97.7 cm³/mol. The zero-order valence-electron chi connectivity index (χ0n) is 13.6. The lowest BCUT2D eigenvalue weighted by atomic mass is 10.1. The van der Waals surface area contributed by atoms with Crippen molar-refractivity contribution in [3.8, 4) is 0 Å². The fourth-order valence-corrected chi connectivity index (χ4v) is 2.26. The standard InChI is InChI=1S/C20H18N2O2/c1-22(2)17-11-8-16(9-12-17)14-18-20(23)24-19(21-18)13-10-15-6-4-3-5-7-15/h3-14H,1-2H3/b13-10-,18-14+. The summed E-state index contributed by atoms with van der Waals surface area (Å²) in [6.07, 6.45) is 5.29. The van der Waals surface area contributed by atoms with Crippen LogP contribution in [-0.4, -0.2) is 26.0 Å². The Morgan fingerprint density at radius 2 is 1.62 bits per heavy atom. The van der Waals surface area contributed by atoms with Crippen LogP contribution in [-0.2, 0) is 9.53 Å². The summed E-state index contributed by atoms with van der Waals surface area (Å²) in [5, 5.41) is 0. The van der Waals surface area contributed by atoms with Crippen LogP contribution in [0.2, 0.25) is 0 Å². The number of hydrogen-bond acceptors (Lipinski definition) is 4. The second-order valence-electron chi connectivity index (χ2n) is 5.60. The quantitative estimate of drug-likeness (QED) is 0.637. The van der Waals surface area contributed by atoms with Crippen molar-refractivity contribution in [2.75, 3.05) is 19.0 Å². The van der Waals surface area contributed by atoms with E-state index in [1.807, 2.05) is 79.7 Å². The highest BCUT2D eigenvalue weighted by Gasteiger charge is 2.20. The first-order valence-electron chi connectivity index (χ1n) is 7.65. The summed E-state index contributed by atoms with van der Waals surface area (Å²) in [5.41, 5.74) is 3.33. The molecule has 24 heavy (non-hydrogen) atoms. The predicted octanol–water partition coefficient (Wildman–Crippen LogP) is 3.76. The van der Waals surface area contributed by atoms with Gasteiger partial charge in [-0.15, -0.1) is 0 Å². The van der Waals surface area contributed by atoms with Gasteiger partial charge in [-0.3, -0.25) is 0 Å². The maximum absolute atomic E-state index is 11.9. The second kappa shape index (κ2) is 6.96. The van der Waals surface area contributed by atoms with Crippen molar-refractivity contribution in [2.24, 2.45) is 4.99 Å². The van der Waals surface area contributed by atoms with Gasteiger partial charge in [-0.05, 0) is 35.4 Å². The summed E-state index contributed by atoms with van der Waals surface area (Å²) in [5.74, 6) is -0.126. The molecule has 0 radical (unpaired) electrons. The van der Waals surface area contributed by atoms with E-state index >= 15 is 0 Å². The first kappa shape index (κ1) is 15.7. The van der Waals surface area contributed by atoms with E-state index in [1.165, 1.54) is 0 Å². The molecule has 0 amide bonds. The minimum Gasteiger partial charge on any atom is -0.403 e. The van der Waals surface area contributed by atoms with Crippen molar-refractivity contribution in [3.05, 3.63) is 77.5 Å². The molecule has 4 nitrogen and oxygen atoms in total. The molecule has 2 aromatic carbocycles. The van der Waals surface area contributed by atoms with Gasteiger partial charge in [-0.25, -0.2) is 9.79 Å². The maximum Gasteiger partial charge on any atom is 0.363 e. The van der Waals surface area contributed by atoms with Gasteiger partial charge >= 0.3 is 5.97 Å². The summed E-state index contributed by atoms with van der Waals surface area (Å²) in [7, 11) is 3.97. The average Bonchev–Trinajstić information content (AvgIpc) is 2.94. The van der Waals surface area contributed by atoms with Crippen molar-refractivity contribution in [1.29, 1.82) is 0 Å². The highest BCUT2D eigenvalue weighted by atomic mass is 16.6. The van der Waals surface area contributed by atoms with Crippen molar-refractivity contribution in [2.45, 2.75) is 0 Å². The van der Waals surface area contributed by atoms with Crippen LogP contribution in [0, 0.1) is 0 Å². The van der Waals surface area contributed by atoms with E-state index in [0.29, 0.717) is 11.6 Å². The lowest BCUT2D eigenvalue weighted by Crippen LogP contribution is -2.07. The van der Waals surface area contributed by atoms with Crippen molar-refractivity contribution < 1.29 is 9.53 Å². The number of anilines is 1. The van der Waals surface area contributed by atoms with E-state index in [1.54, 1.807) is 12.2 Å². The topological polar surface area (TPSA) is 41.9 Å². The van der Waals surface area contributed by atoms with Crippen LogP contribution in [0.4, 0.5) is 5.69 Å². The number of carbonyl (C=O) groups is 1. The number of cyclic esters (lactones) is 1. The smallest absolute Gasteiger partial charge is 0.363 e. The molecule has 1 aliphatic heterocycles. The fourth-order valence-electron chi connectivity index (χ4n) is 2.26. The number of hydrogen-bond donors (Lipinski definition) is 0. The summed E-state index contributed by atoms with van der Waals surface area (Å²) in [6, 6.07) is 17.7. The molecule has 0 spiro atoms. The molecular weight excluding hydrogens is 300 g/mol. The third-order valence-electron chi connectivity index (χ3n) is 3.57. The molecule has 0 N–H and O–H groups in total. The van der Waals surface area contributed by atoms with Crippen LogP contribution >= 0.6 is 0 Å². The molecule has 0 aromatic heterocycles. The van der Waals surface area contributed by atoms with Crippen molar-refractivity contribution in [1.82, 2.24) is 0 Å². The van der Waals surface area contributed by atoms with E-state index in [2.05, 4.69) is 4.99 Å². The monoisotopic (exact) mass is 318 g/mol. The lowest BCUT2D eigenvalue weighted by Gasteiger charge is -2.11. The molecular formula is C20H18N2O2. The first-order valence-corrected chi connectivity index (χ1v) is 7.65. The zero-order valence-corrected chi connectivity index (χ0v) is 13.6. The summed E-state index contributed by atoms with van der Waals surface area (Å²) < 4.78 is 5.18. The number of aliphatic imine (C=N–C) groups is 1. The number of carbonyl (C=O) groups excluding carboxylic acids is 1. The zero-order chi connectivity index (χ0) is 16.9. The van der Waals surface area contributed by atoms with E-state index in [9.17, 15) is 4.79 Å². The van der Waals surface area contributed by atoms with E-state index < -0.39 is 5.97 Å². The Hall–Kier alpha value is -3.14. The third kappa shape index (κ3) is 3.79. The normalized spacial score (nSPS) is 15.7. The van der Waals surface area contributed by atoms with Crippen molar-refractivity contribution in [3.63, 3.8) is 0 Å². The Balaban J connectivity index is 1.77. The highest BCUT2D eigenvalue weighted by Crippen LogP contribution is 2.19. The van der Waals surface area contributed by atoms with Gasteiger partial charge in [0.05, 0.1) is 0 Å². The number of rotatable bonds is 4. The maximum atomic E-state index is 11.9. The van der Waals surface area contributed by atoms with Crippen LogP contribution in [0.25, 0.3) is 12.2 Å². The molecule has 3 rings (SSSR count). The Morgan fingerprint density at radius 1 is 0.917 bits per heavy atom. The van der Waals surface area contributed by atoms with Gasteiger partial charge in [0.15, 0.2) is 5.70 Å². The molecule has 1 heterocycles.